The van der Waals surface area contributed by atoms with Gasteiger partial charge in [0, 0.05) is 23.4 Å². The van der Waals surface area contributed by atoms with Crippen LogP contribution in [0.3, 0.4) is 0 Å². The molecule has 0 saturated carbocycles. The molecule has 0 unspecified atom stereocenters. The first-order chi connectivity index (χ1) is 13.3. The molecule has 9 heteroatoms. The van der Waals surface area contributed by atoms with E-state index in [0.717, 1.165) is 0 Å². The molecule has 1 aliphatic rings. The maximum absolute atomic E-state index is 13.7. The number of halogens is 4. The van der Waals surface area contributed by atoms with Crippen LogP contribution >= 0.6 is 11.6 Å². The van der Waals surface area contributed by atoms with Crippen molar-refractivity contribution in [2.75, 3.05) is 5.32 Å². The van der Waals surface area contributed by atoms with E-state index in [-0.39, 0.29) is 27.9 Å². The van der Waals surface area contributed by atoms with Crippen molar-refractivity contribution in [3.63, 3.8) is 0 Å². The summed E-state index contributed by atoms with van der Waals surface area (Å²) in [5.74, 6) is -1.44. The highest BCUT2D eigenvalue weighted by atomic mass is 35.5. The molecule has 0 atom stereocenters. The topological polar surface area (TPSA) is 60.5 Å². The summed E-state index contributed by atoms with van der Waals surface area (Å²) in [5.41, 5.74) is 0.768. The first-order valence-electron chi connectivity index (χ1n) is 7.94. The lowest BCUT2D eigenvalue weighted by Crippen LogP contribution is -2.25. The quantitative estimate of drug-likeness (QED) is 0.656. The Hall–Kier alpha value is -3.26. The standard InChI is InChI=1S/C19H10ClF3N2O3/c20-13-8-16-15(27-19(22,23)28-16)7-12(13)10-5-6-17(24-9-10)25-18(26)11-3-1-2-4-14(11)21/h1-9H,(H,24,25,26). The van der Waals surface area contributed by atoms with Crippen LogP contribution in [0.2, 0.25) is 5.02 Å². The normalized spacial score (nSPS) is 14.0. The zero-order valence-corrected chi connectivity index (χ0v) is 14.6. The van der Waals surface area contributed by atoms with E-state index in [1.807, 2.05) is 0 Å². The lowest BCUT2D eigenvalue weighted by molar-refractivity contribution is -0.286. The predicted molar refractivity (Wildman–Crippen MR) is 95.2 cm³/mol. The lowest BCUT2D eigenvalue weighted by Gasteiger charge is -2.08. The van der Waals surface area contributed by atoms with Crippen molar-refractivity contribution in [3.8, 4) is 22.6 Å². The Labute approximate surface area is 161 Å². The number of hydrogen-bond donors (Lipinski definition) is 1. The molecule has 5 nitrogen and oxygen atoms in total. The maximum Gasteiger partial charge on any atom is 0.586 e. The molecule has 0 saturated heterocycles. The van der Waals surface area contributed by atoms with Crippen LogP contribution in [0.15, 0.2) is 54.7 Å². The highest BCUT2D eigenvalue weighted by molar-refractivity contribution is 6.33. The van der Waals surface area contributed by atoms with Crippen LogP contribution in [-0.4, -0.2) is 17.2 Å². The van der Waals surface area contributed by atoms with E-state index in [4.69, 9.17) is 11.6 Å². The van der Waals surface area contributed by atoms with Gasteiger partial charge in [-0.05, 0) is 30.3 Å². The summed E-state index contributed by atoms with van der Waals surface area (Å²) in [6.45, 7) is 0. The number of amides is 1. The monoisotopic (exact) mass is 406 g/mol. The summed E-state index contributed by atoms with van der Waals surface area (Å²) in [4.78, 5) is 16.2. The van der Waals surface area contributed by atoms with Crippen molar-refractivity contribution < 1.29 is 27.4 Å². The molecule has 0 radical (unpaired) electrons. The molecule has 1 aromatic heterocycles. The number of nitrogens with one attached hydrogen (secondary N) is 1. The van der Waals surface area contributed by atoms with Crippen LogP contribution < -0.4 is 14.8 Å². The number of nitrogens with zero attached hydrogens (tertiary/aromatic N) is 1. The summed E-state index contributed by atoms with van der Waals surface area (Å²) in [7, 11) is 0. The number of aromatic nitrogens is 1. The molecule has 4 rings (SSSR count). The highest BCUT2D eigenvalue weighted by Crippen LogP contribution is 2.45. The minimum atomic E-state index is -3.75. The van der Waals surface area contributed by atoms with Gasteiger partial charge in [0.15, 0.2) is 11.5 Å². The van der Waals surface area contributed by atoms with Gasteiger partial charge in [0.2, 0.25) is 0 Å². The Bertz CT molecular complexity index is 1070. The fourth-order valence-electron chi connectivity index (χ4n) is 2.65. The Morgan fingerprint density at radius 3 is 2.46 bits per heavy atom. The molecule has 0 bridgehead atoms. The van der Waals surface area contributed by atoms with E-state index in [0.29, 0.717) is 11.1 Å². The van der Waals surface area contributed by atoms with Crippen LogP contribution in [0.5, 0.6) is 11.5 Å². The number of rotatable bonds is 3. The second-order valence-corrected chi connectivity index (χ2v) is 6.22. The molecule has 28 heavy (non-hydrogen) atoms. The van der Waals surface area contributed by atoms with Crippen molar-refractivity contribution in [1.82, 2.24) is 4.98 Å². The van der Waals surface area contributed by atoms with Gasteiger partial charge in [-0.3, -0.25) is 4.79 Å². The van der Waals surface area contributed by atoms with Crippen molar-refractivity contribution >= 4 is 23.3 Å². The molecule has 1 aliphatic heterocycles. The average Bonchev–Trinajstić information content (AvgIpc) is 2.95. The van der Waals surface area contributed by atoms with E-state index in [2.05, 4.69) is 19.8 Å². The molecule has 1 N–H and O–H groups in total. The van der Waals surface area contributed by atoms with Crippen molar-refractivity contribution in [3.05, 3.63) is 71.1 Å². The molecule has 0 spiro atoms. The van der Waals surface area contributed by atoms with Crippen LogP contribution in [-0.2, 0) is 0 Å². The molecule has 0 fully saturated rings. The van der Waals surface area contributed by atoms with Crippen LogP contribution in [0.25, 0.3) is 11.1 Å². The Kier molecular flexibility index (Phi) is 4.35. The minimum Gasteiger partial charge on any atom is -0.395 e. The maximum atomic E-state index is 13.7. The van der Waals surface area contributed by atoms with Gasteiger partial charge in [0.1, 0.15) is 11.6 Å². The zero-order chi connectivity index (χ0) is 19.9. The predicted octanol–water partition coefficient (Wildman–Crippen LogP) is 5.11. The third kappa shape index (κ3) is 3.46. The van der Waals surface area contributed by atoms with Gasteiger partial charge >= 0.3 is 6.29 Å². The van der Waals surface area contributed by atoms with Gasteiger partial charge < -0.3 is 14.8 Å². The van der Waals surface area contributed by atoms with Gasteiger partial charge in [-0.15, -0.1) is 8.78 Å². The van der Waals surface area contributed by atoms with E-state index in [9.17, 15) is 18.0 Å². The van der Waals surface area contributed by atoms with Crippen molar-refractivity contribution in [1.29, 1.82) is 0 Å². The number of pyridine rings is 1. The summed E-state index contributed by atoms with van der Waals surface area (Å²) >= 11 is 6.14. The van der Waals surface area contributed by atoms with E-state index in [1.165, 1.54) is 42.6 Å². The number of alkyl halides is 2. The van der Waals surface area contributed by atoms with Gasteiger partial charge in [-0.2, -0.15) is 0 Å². The first kappa shape index (κ1) is 18.1. The third-order valence-electron chi connectivity index (χ3n) is 3.93. The number of anilines is 1. The molecular formula is C19H10ClF3N2O3. The number of hydrogen-bond acceptors (Lipinski definition) is 4. The summed E-state index contributed by atoms with van der Waals surface area (Å²) in [5, 5.41) is 2.64. The molecule has 0 aliphatic carbocycles. The number of carbonyl (C=O) groups is 1. The van der Waals surface area contributed by atoms with Gasteiger partial charge in [0.25, 0.3) is 5.91 Å². The van der Waals surface area contributed by atoms with E-state index in [1.54, 1.807) is 12.1 Å². The molecule has 2 aromatic carbocycles. The smallest absolute Gasteiger partial charge is 0.395 e. The van der Waals surface area contributed by atoms with Crippen molar-refractivity contribution in [2.45, 2.75) is 6.29 Å². The number of fused-ring (bicyclic) bond motifs is 1. The number of benzene rings is 2. The van der Waals surface area contributed by atoms with Crippen LogP contribution in [0, 0.1) is 5.82 Å². The zero-order valence-electron chi connectivity index (χ0n) is 13.9. The lowest BCUT2D eigenvalue weighted by atomic mass is 10.1. The highest BCUT2D eigenvalue weighted by Gasteiger charge is 2.43. The number of ether oxygens (including phenoxy) is 2. The van der Waals surface area contributed by atoms with Gasteiger partial charge in [-0.1, -0.05) is 23.7 Å². The molecule has 142 valence electrons. The molecule has 2 heterocycles. The van der Waals surface area contributed by atoms with Gasteiger partial charge in [-0.25, -0.2) is 9.37 Å². The average molecular weight is 407 g/mol. The Morgan fingerprint density at radius 1 is 1.07 bits per heavy atom. The molecule has 3 aromatic rings. The van der Waals surface area contributed by atoms with Crippen molar-refractivity contribution in [2.24, 2.45) is 0 Å². The van der Waals surface area contributed by atoms with Crippen LogP contribution in [0.1, 0.15) is 10.4 Å². The Morgan fingerprint density at radius 2 is 1.79 bits per heavy atom. The van der Waals surface area contributed by atoms with E-state index >= 15 is 0 Å². The second kappa shape index (κ2) is 6.72. The SMILES string of the molecule is O=C(Nc1ccc(-c2cc3c(cc2Cl)OC(F)(F)O3)cn1)c1ccccc1F. The second-order valence-electron chi connectivity index (χ2n) is 5.81. The third-order valence-corrected chi connectivity index (χ3v) is 4.24. The molecule has 1 amide bonds. The summed E-state index contributed by atoms with van der Waals surface area (Å²) in [6.07, 6.45) is -2.36. The fraction of sp³-hybridized carbons (Fsp3) is 0.0526. The first-order valence-corrected chi connectivity index (χ1v) is 8.32. The fourth-order valence-corrected chi connectivity index (χ4v) is 2.91. The van der Waals surface area contributed by atoms with Crippen LogP contribution in [0.4, 0.5) is 19.0 Å². The number of carbonyl (C=O) groups excluding carboxylic acids is 1. The summed E-state index contributed by atoms with van der Waals surface area (Å²) < 4.78 is 48.8. The van der Waals surface area contributed by atoms with Gasteiger partial charge in [0.05, 0.1) is 10.6 Å². The largest absolute Gasteiger partial charge is 0.586 e. The Balaban J connectivity index is 1.56. The minimum absolute atomic E-state index is 0.117. The van der Waals surface area contributed by atoms with E-state index < -0.39 is 18.0 Å². The summed E-state index contributed by atoms with van der Waals surface area (Å²) in [6, 6.07) is 11.1. The molecular weight excluding hydrogens is 397 g/mol.